The van der Waals surface area contributed by atoms with Crippen LogP contribution in [0.5, 0.6) is 0 Å². The minimum atomic E-state index is -0.0449. The summed E-state index contributed by atoms with van der Waals surface area (Å²) in [6.45, 7) is 3.94. The van der Waals surface area contributed by atoms with Gasteiger partial charge in [0.1, 0.15) is 5.82 Å². The molecule has 5 aromatic carbocycles. The number of hydrogen-bond donors (Lipinski definition) is 0. The summed E-state index contributed by atoms with van der Waals surface area (Å²) < 4.78 is 1.81. The Morgan fingerprint density at radius 3 is 1.22 bits per heavy atom. The standard InChI is InChI=1S/C38H28N2O/c1-3-29-30(4-2)40-37(39-29)35-33(27-21-13-7-14-22-27)31(25-17-9-5-10-18-25)32(26-19-11-6-12-20-26)34(36(35)38(40)41)28-23-15-8-16-24-28/h3-24H,1-2H3/b29-3+,30-4+. The number of hydrogen-bond acceptors (Lipinski definition) is 2. The molecule has 196 valence electrons. The maximum absolute atomic E-state index is 14.7. The highest BCUT2D eigenvalue weighted by Crippen LogP contribution is 2.53. The fraction of sp³-hybridized carbons (Fsp3) is 0.0526. The molecular weight excluding hydrogens is 500 g/mol. The van der Waals surface area contributed by atoms with Gasteiger partial charge < -0.3 is 0 Å². The molecule has 3 nitrogen and oxygen atoms in total. The molecule has 0 fully saturated rings. The Labute approximate surface area is 239 Å². The quantitative estimate of drug-likeness (QED) is 0.233. The third-order valence-electron chi connectivity index (χ3n) is 7.88. The number of benzene rings is 5. The highest BCUT2D eigenvalue weighted by atomic mass is 16.2. The van der Waals surface area contributed by atoms with Gasteiger partial charge in [-0.3, -0.25) is 9.36 Å². The summed E-state index contributed by atoms with van der Waals surface area (Å²) in [6, 6.07) is 41.7. The third-order valence-corrected chi connectivity index (χ3v) is 7.88. The predicted octanol–water partition coefficient (Wildman–Crippen LogP) is 7.82. The predicted molar refractivity (Wildman–Crippen MR) is 169 cm³/mol. The molecule has 1 aliphatic rings. The van der Waals surface area contributed by atoms with Gasteiger partial charge in [-0.25, -0.2) is 4.98 Å². The van der Waals surface area contributed by atoms with E-state index in [0.29, 0.717) is 11.4 Å². The lowest BCUT2D eigenvalue weighted by atomic mass is 9.77. The minimum Gasteiger partial charge on any atom is -0.268 e. The van der Waals surface area contributed by atoms with E-state index in [1.54, 1.807) is 0 Å². The smallest absolute Gasteiger partial charge is 0.265 e. The molecule has 0 spiro atoms. The summed E-state index contributed by atoms with van der Waals surface area (Å²) in [4.78, 5) is 19.8. The van der Waals surface area contributed by atoms with Gasteiger partial charge in [-0.2, -0.15) is 0 Å². The van der Waals surface area contributed by atoms with E-state index in [-0.39, 0.29) is 5.91 Å². The Morgan fingerprint density at radius 1 is 0.488 bits per heavy atom. The van der Waals surface area contributed by atoms with E-state index in [1.807, 2.05) is 67.0 Å². The van der Waals surface area contributed by atoms with Gasteiger partial charge in [-0.05, 0) is 47.2 Å². The highest BCUT2D eigenvalue weighted by Gasteiger charge is 2.38. The maximum Gasteiger partial charge on any atom is 0.265 e. The number of carbonyl (C=O) groups is 1. The lowest BCUT2D eigenvalue weighted by Gasteiger charge is -2.24. The van der Waals surface area contributed by atoms with Crippen LogP contribution in [0.2, 0.25) is 0 Å². The fourth-order valence-corrected chi connectivity index (χ4v) is 6.19. The van der Waals surface area contributed by atoms with Crippen LogP contribution in [0.4, 0.5) is 0 Å². The SMILES string of the molecule is C/C=c1/nc2n(/c1=C/C)C(=O)c1c(-c3ccccc3)c(-c3ccccc3)c(-c3ccccc3)c(-c3ccccc3)c1-2. The van der Waals surface area contributed by atoms with Crippen molar-refractivity contribution in [3.8, 4) is 55.9 Å². The summed E-state index contributed by atoms with van der Waals surface area (Å²) >= 11 is 0. The average molecular weight is 529 g/mol. The van der Waals surface area contributed by atoms with Crippen LogP contribution in [-0.4, -0.2) is 15.5 Å². The van der Waals surface area contributed by atoms with Crippen LogP contribution in [0.25, 0.3) is 68.0 Å². The fourth-order valence-electron chi connectivity index (χ4n) is 6.19. The van der Waals surface area contributed by atoms with Crippen LogP contribution in [0.15, 0.2) is 121 Å². The number of nitrogens with zero attached hydrogens (tertiary/aromatic N) is 2. The largest absolute Gasteiger partial charge is 0.268 e. The molecule has 0 unspecified atom stereocenters. The molecule has 3 heteroatoms. The first-order valence-electron chi connectivity index (χ1n) is 13.9. The molecule has 0 radical (unpaired) electrons. The third kappa shape index (κ3) is 3.81. The Morgan fingerprint density at radius 2 is 0.854 bits per heavy atom. The zero-order valence-electron chi connectivity index (χ0n) is 23.0. The second-order valence-corrected chi connectivity index (χ2v) is 10.1. The maximum atomic E-state index is 14.7. The van der Waals surface area contributed by atoms with Crippen LogP contribution < -0.4 is 10.7 Å². The van der Waals surface area contributed by atoms with Crippen molar-refractivity contribution >= 4 is 18.1 Å². The first kappa shape index (κ1) is 24.7. The Bertz CT molecular complexity index is 2040. The summed E-state index contributed by atoms with van der Waals surface area (Å²) in [5, 5.41) is 1.64. The molecule has 6 aromatic rings. The number of rotatable bonds is 4. The van der Waals surface area contributed by atoms with Gasteiger partial charge in [0.05, 0.1) is 16.3 Å². The molecule has 0 amide bonds. The molecule has 41 heavy (non-hydrogen) atoms. The molecule has 2 heterocycles. The van der Waals surface area contributed by atoms with Gasteiger partial charge >= 0.3 is 0 Å². The van der Waals surface area contributed by atoms with Gasteiger partial charge in [-0.15, -0.1) is 0 Å². The molecule has 0 saturated carbocycles. The van der Waals surface area contributed by atoms with Crippen LogP contribution in [-0.2, 0) is 0 Å². The topological polar surface area (TPSA) is 34.9 Å². The van der Waals surface area contributed by atoms with Gasteiger partial charge in [0.15, 0.2) is 0 Å². The van der Waals surface area contributed by atoms with Crippen molar-refractivity contribution in [1.29, 1.82) is 0 Å². The molecule has 0 saturated heterocycles. The van der Waals surface area contributed by atoms with E-state index in [2.05, 4.69) is 84.9 Å². The zero-order chi connectivity index (χ0) is 27.9. The number of fused-ring (bicyclic) bond motifs is 3. The first-order valence-corrected chi connectivity index (χ1v) is 13.9. The second kappa shape index (κ2) is 10.0. The molecule has 7 rings (SSSR count). The second-order valence-electron chi connectivity index (χ2n) is 10.1. The Balaban J connectivity index is 1.80. The summed E-state index contributed by atoms with van der Waals surface area (Å²) in [7, 11) is 0. The normalized spacial score (nSPS) is 13.0. The number of aromatic nitrogens is 2. The van der Waals surface area contributed by atoms with Crippen molar-refractivity contribution in [3.63, 3.8) is 0 Å². The van der Waals surface area contributed by atoms with Crippen molar-refractivity contribution in [2.24, 2.45) is 0 Å². The number of imidazole rings is 1. The Hall–Kier alpha value is -5.28. The molecule has 0 atom stereocenters. The van der Waals surface area contributed by atoms with E-state index in [1.165, 1.54) is 0 Å². The monoisotopic (exact) mass is 528 g/mol. The van der Waals surface area contributed by atoms with Crippen molar-refractivity contribution in [3.05, 3.63) is 138 Å². The summed E-state index contributed by atoms with van der Waals surface area (Å²) in [5.41, 5.74) is 9.88. The van der Waals surface area contributed by atoms with Crippen molar-refractivity contribution < 1.29 is 4.79 Å². The van der Waals surface area contributed by atoms with E-state index in [4.69, 9.17) is 4.98 Å². The van der Waals surface area contributed by atoms with Crippen LogP contribution in [0, 0.1) is 0 Å². The number of carbonyl (C=O) groups excluding carboxylic acids is 1. The van der Waals surface area contributed by atoms with Gasteiger partial charge in [-0.1, -0.05) is 133 Å². The molecule has 1 aromatic heterocycles. The lowest BCUT2D eigenvalue weighted by Crippen LogP contribution is -2.32. The van der Waals surface area contributed by atoms with E-state index < -0.39 is 0 Å². The lowest BCUT2D eigenvalue weighted by molar-refractivity contribution is 0.0967. The van der Waals surface area contributed by atoms with Crippen LogP contribution in [0.3, 0.4) is 0 Å². The van der Waals surface area contributed by atoms with E-state index >= 15 is 0 Å². The van der Waals surface area contributed by atoms with Gasteiger partial charge in [0, 0.05) is 16.7 Å². The van der Waals surface area contributed by atoms with Gasteiger partial charge in [0.25, 0.3) is 5.91 Å². The molecule has 0 N–H and O–H groups in total. The van der Waals surface area contributed by atoms with E-state index in [9.17, 15) is 4.79 Å². The van der Waals surface area contributed by atoms with Crippen molar-refractivity contribution in [2.45, 2.75) is 13.8 Å². The molecule has 1 aliphatic heterocycles. The van der Waals surface area contributed by atoms with Crippen molar-refractivity contribution in [1.82, 2.24) is 9.55 Å². The highest BCUT2D eigenvalue weighted by molar-refractivity contribution is 6.22. The van der Waals surface area contributed by atoms with E-state index in [0.717, 1.165) is 60.8 Å². The van der Waals surface area contributed by atoms with Crippen LogP contribution in [0.1, 0.15) is 24.2 Å². The first-order chi connectivity index (χ1) is 20.2. The summed E-state index contributed by atoms with van der Waals surface area (Å²) in [6.07, 6.45) is 3.96. The average Bonchev–Trinajstić information content (AvgIpc) is 3.55. The summed E-state index contributed by atoms with van der Waals surface area (Å²) in [5.74, 6) is 0.649. The van der Waals surface area contributed by atoms with Crippen LogP contribution >= 0.6 is 0 Å². The minimum absolute atomic E-state index is 0.0449. The molecular formula is C38H28N2O. The van der Waals surface area contributed by atoms with Crippen molar-refractivity contribution in [2.75, 3.05) is 0 Å². The Kier molecular flexibility index (Phi) is 6.06. The molecule has 0 bridgehead atoms. The van der Waals surface area contributed by atoms with Gasteiger partial charge in [0.2, 0.25) is 0 Å². The zero-order valence-corrected chi connectivity index (χ0v) is 23.0. The molecule has 0 aliphatic carbocycles.